The summed E-state index contributed by atoms with van der Waals surface area (Å²) in [7, 11) is -8.06. The highest BCUT2D eigenvalue weighted by molar-refractivity contribution is 8.03. The van der Waals surface area contributed by atoms with Gasteiger partial charge in [0.15, 0.2) is 18.9 Å². The molecule has 0 saturated carbocycles. The first kappa shape index (κ1) is 39.0. The van der Waals surface area contributed by atoms with Gasteiger partial charge in [-0.25, -0.2) is 4.57 Å². The monoisotopic (exact) mass is 711 g/mol. The highest BCUT2D eigenvalue weighted by atomic mass is 32.2. The lowest BCUT2D eigenvalue weighted by Gasteiger charge is -2.20. The Balaban J connectivity index is 0.000000644. The molecule has 1 aliphatic heterocycles. The predicted octanol–water partition coefficient (Wildman–Crippen LogP) is 3.95. The average Bonchev–Trinajstić information content (AvgIpc) is 3.49. The highest BCUT2D eigenvalue weighted by Crippen LogP contribution is 2.46. The lowest BCUT2D eigenvalue weighted by molar-refractivity contribution is -0.693. The smallest absolute Gasteiger partial charge is 0.265 e. The number of anilines is 1. The molecule has 4 aromatic rings. The van der Waals surface area contributed by atoms with Crippen LogP contribution in [0.25, 0.3) is 16.3 Å². The molecule has 0 bridgehead atoms. The molecule has 0 spiro atoms. The number of hydrogen-bond acceptors (Lipinski definition) is 7. The van der Waals surface area contributed by atoms with Crippen LogP contribution < -0.4 is 14.0 Å². The van der Waals surface area contributed by atoms with Crippen molar-refractivity contribution < 1.29 is 46.0 Å². The van der Waals surface area contributed by atoms with Gasteiger partial charge in [-0.1, -0.05) is 53.4 Å². The number of aromatic nitrogens is 2. The summed E-state index contributed by atoms with van der Waals surface area (Å²) < 4.78 is 68.4. The molecule has 0 aliphatic carbocycles. The first-order valence-electron chi connectivity index (χ1n) is 14.1. The van der Waals surface area contributed by atoms with Gasteiger partial charge in [0.2, 0.25) is 5.52 Å². The summed E-state index contributed by atoms with van der Waals surface area (Å²) in [6.07, 6.45) is 8.78. The van der Waals surface area contributed by atoms with Gasteiger partial charge in [0, 0.05) is 42.1 Å². The molecule has 11 nitrogen and oxygen atoms in total. The number of aryl methyl sites for hydroxylation is 2. The fraction of sp³-hybridized carbons (Fsp3) is 0.290. The van der Waals surface area contributed by atoms with Crippen LogP contribution in [0.5, 0.6) is 0 Å². The van der Waals surface area contributed by atoms with Crippen LogP contribution in [-0.4, -0.2) is 54.9 Å². The van der Waals surface area contributed by atoms with E-state index in [-0.39, 0.29) is 35.3 Å². The third kappa shape index (κ3) is 11.6. The van der Waals surface area contributed by atoms with E-state index < -0.39 is 20.2 Å². The maximum Gasteiger partial charge on any atom is 0.265 e. The van der Waals surface area contributed by atoms with Crippen LogP contribution in [0.15, 0.2) is 101 Å². The first-order chi connectivity index (χ1) is 20.9. The number of rotatable bonds is 11. The Hall–Kier alpha value is -3.15. The van der Waals surface area contributed by atoms with Crippen molar-refractivity contribution in [2.45, 2.75) is 44.7 Å². The van der Waals surface area contributed by atoms with Gasteiger partial charge < -0.3 is 15.9 Å². The molecule has 0 amide bonds. The fourth-order valence-electron chi connectivity index (χ4n) is 4.67. The van der Waals surface area contributed by atoms with Crippen molar-refractivity contribution in [2.75, 3.05) is 23.0 Å². The molecule has 15 heteroatoms. The van der Waals surface area contributed by atoms with Crippen molar-refractivity contribution in [1.82, 2.24) is 0 Å². The Bertz CT molecular complexity index is 1860. The van der Waals surface area contributed by atoms with Crippen molar-refractivity contribution in [1.29, 1.82) is 0 Å². The van der Waals surface area contributed by atoms with Gasteiger partial charge in [-0.2, -0.15) is 21.4 Å². The number of pyridine rings is 1. The van der Waals surface area contributed by atoms with Crippen molar-refractivity contribution in [2.24, 2.45) is 0 Å². The molecule has 6 N–H and O–H groups in total. The lowest BCUT2D eigenvalue weighted by Crippen LogP contribution is -2.36. The van der Waals surface area contributed by atoms with Gasteiger partial charge in [0.05, 0.1) is 22.2 Å². The zero-order valence-corrected chi connectivity index (χ0v) is 28.9. The summed E-state index contributed by atoms with van der Waals surface area (Å²) in [4.78, 5) is 3.14. The number of thiazole rings is 1. The number of nitrogens with zero attached hydrogens (tertiary/aromatic N) is 3. The van der Waals surface area contributed by atoms with Gasteiger partial charge in [0.25, 0.3) is 25.2 Å². The van der Waals surface area contributed by atoms with Crippen LogP contribution >= 0.6 is 23.1 Å². The maximum atomic E-state index is 11.2. The summed E-state index contributed by atoms with van der Waals surface area (Å²) in [5.74, 6) is -0.604. The zero-order chi connectivity index (χ0) is 31.7. The van der Waals surface area contributed by atoms with E-state index in [9.17, 15) is 16.8 Å². The molecule has 46 heavy (non-hydrogen) atoms. The van der Waals surface area contributed by atoms with E-state index >= 15 is 0 Å². The standard InChI is InChI=1S/C24H26N2O6S4.C7H10N.2H2O/c1-18(16-23-25(12-6-14-35(27,28)29)19-8-2-4-10-21(19)33-23)17-24-26(13-7-15-36(30,31)32)20-9-3-5-11-22(20)34-24;1-2-8-6-4-3-5-7-8;;/h2-5,8-11,16-17H,6-7,12-15H2,1H3,(H-,27,28,29,30,31,32);3-7H,2H2,1H3;2*1H2/q;+1;;/p+1. The number of hydrogen-bond donors (Lipinski definition) is 2. The minimum absolute atomic E-state index is 0. The zero-order valence-electron chi connectivity index (χ0n) is 25.6. The molecular weight excluding hydrogens is 671 g/mol. The molecule has 5 rings (SSSR count). The van der Waals surface area contributed by atoms with Gasteiger partial charge in [0.1, 0.15) is 11.2 Å². The molecule has 2 aromatic carbocycles. The van der Waals surface area contributed by atoms with E-state index in [0.717, 1.165) is 43.0 Å². The number of allylic oxidation sites excluding steroid dienone is 2. The van der Waals surface area contributed by atoms with Crippen molar-refractivity contribution in [3.05, 3.63) is 101 Å². The van der Waals surface area contributed by atoms with Crippen LogP contribution in [0.2, 0.25) is 0 Å². The first-order valence-corrected chi connectivity index (χ1v) is 19.0. The molecule has 2 aromatic heterocycles. The number of para-hydroxylation sites is 2. The Kier molecular flexibility index (Phi) is 15.0. The third-order valence-electron chi connectivity index (χ3n) is 6.69. The van der Waals surface area contributed by atoms with Gasteiger partial charge in [-0.05, 0) is 50.1 Å². The summed E-state index contributed by atoms with van der Waals surface area (Å²) >= 11 is 3.21. The van der Waals surface area contributed by atoms with E-state index in [1.54, 1.807) is 23.1 Å². The van der Waals surface area contributed by atoms with E-state index in [0.29, 0.717) is 13.1 Å². The quantitative estimate of drug-likeness (QED) is 0.173. The second-order valence-corrected chi connectivity index (χ2v) is 15.4. The molecule has 0 saturated heterocycles. The Morgan fingerprint density at radius 2 is 1.50 bits per heavy atom. The average molecular weight is 712 g/mol. The number of benzene rings is 2. The minimum Gasteiger partial charge on any atom is -0.412 e. The van der Waals surface area contributed by atoms with Crippen LogP contribution in [0.4, 0.5) is 5.69 Å². The Morgan fingerprint density at radius 1 is 0.870 bits per heavy atom. The molecule has 0 fully saturated rings. The van der Waals surface area contributed by atoms with Crippen molar-refractivity contribution in [3.63, 3.8) is 0 Å². The minimum atomic E-state index is -4.03. The van der Waals surface area contributed by atoms with Crippen LogP contribution in [0.1, 0.15) is 31.7 Å². The highest BCUT2D eigenvalue weighted by Gasteiger charge is 2.25. The summed E-state index contributed by atoms with van der Waals surface area (Å²) in [6.45, 7) is 6.06. The van der Waals surface area contributed by atoms with Gasteiger partial charge in [-0.3, -0.25) is 9.11 Å². The number of fused-ring (bicyclic) bond motifs is 2. The predicted molar refractivity (Wildman–Crippen MR) is 185 cm³/mol. The molecular formula is C31H41N3O8S4+2. The molecule has 0 atom stereocenters. The van der Waals surface area contributed by atoms with E-state index in [2.05, 4.69) is 33.4 Å². The van der Waals surface area contributed by atoms with E-state index in [1.165, 1.54) is 0 Å². The van der Waals surface area contributed by atoms with Gasteiger partial charge >= 0.3 is 0 Å². The van der Waals surface area contributed by atoms with E-state index in [1.807, 2.05) is 85.8 Å². The molecule has 0 unspecified atom stereocenters. The molecule has 3 heterocycles. The fourth-order valence-corrected chi connectivity index (χ4v) is 8.05. The molecule has 250 valence electrons. The second-order valence-electron chi connectivity index (χ2n) is 10.1. The van der Waals surface area contributed by atoms with Crippen molar-refractivity contribution >= 4 is 65.3 Å². The molecule has 1 aliphatic rings. The summed E-state index contributed by atoms with van der Waals surface area (Å²) in [6, 6.07) is 21.9. The molecule has 0 radical (unpaired) electrons. The SMILES string of the molecule is CC(=C\c1sc2ccccc2[n+]1CCCS(=O)(=O)O)/C=C1/Sc2ccccc2N1CCCS(=O)(=O)O.CC[n+]1ccccc1.O.O. The largest absolute Gasteiger partial charge is 0.412 e. The summed E-state index contributed by atoms with van der Waals surface area (Å²) in [5.41, 5.74) is 2.97. The Morgan fingerprint density at radius 3 is 2.15 bits per heavy atom. The Labute approximate surface area is 278 Å². The normalized spacial score (nSPS) is 13.9. The van der Waals surface area contributed by atoms with Crippen LogP contribution in [0.3, 0.4) is 0 Å². The second kappa shape index (κ2) is 17.7. The maximum absolute atomic E-state index is 11.2. The summed E-state index contributed by atoms with van der Waals surface area (Å²) in [5, 5.41) is 1.92. The third-order valence-corrected chi connectivity index (χ3v) is 10.5. The van der Waals surface area contributed by atoms with Crippen LogP contribution in [0, 0.1) is 0 Å². The van der Waals surface area contributed by atoms with E-state index in [4.69, 9.17) is 9.11 Å². The van der Waals surface area contributed by atoms with Crippen LogP contribution in [-0.2, 0) is 33.3 Å². The lowest BCUT2D eigenvalue weighted by atomic mass is 10.2. The van der Waals surface area contributed by atoms with Crippen molar-refractivity contribution in [3.8, 4) is 0 Å². The van der Waals surface area contributed by atoms with Gasteiger partial charge in [-0.15, -0.1) is 0 Å². The number of thioether (sulfide) groups is 1. The topological polar surface area (TPSA) is 183 Å².